The lowest BCUT2D eigenvalue weighted by Gasteiger charge is -2.13. The predicted molar refractivity (Wildman–Crippen MR) is 126 cm³/mol. The number of carbonyl (C=O) groups is 2. The van der Waals surface area contributed by atoms with Gasteiger partial charge in [0.2, 0.25) is 0 Å². The largest absolute Gasteiger partial charge is 0.481 e. The number of amides is 1. The molecule has 0 radical (unpaired) electrons. The Labute approximate surface area is 189 Å². The number of aromatic nitrogens is 2. The van der Waals surface area contributed by atoms with E-state index in [1.54, 1.807) is 18.3 Å². The van der Waals surface area contributed by atoms with Gasteiger partial charge in [0.1, 0.15) is 15.8 Å². The number of thioether (sulfide) groups is 1. The van der Waals surface area contributed by atoms with Gasteiger partial charge in [0, 0.05) is 25.7 Å². The van der Waals surface area contributed by atoms with Gasteiger partial charge < -0.3 is 10.4 Å². The van der Waals surface area contributed by atoms with E-state index < -0.39 is 5.97 Å². The summed E-state index contributed by atoms with van der Waals surface area (Å²) < 4.78 is 1.80. The number of pyridine rings is 1. The summed E-state index contributed by atoms with van der Waals surface area (Å²) in [7, 11) is 0. The lowest BCUT2D eigenvalue weighted by atomic mass is 10.2. The molecule has 164 valence electrons. The fourth-order valence-electron chi connectivity index (χ4n) is 3.16. The lowest BCUT2D eigenvalue weighted by Crippen LogP contribution is -2.29. The molecule has 1 aliphatic rings. The average molecular weight is 461 g/mol. The number of nitrogens with one attached hydrogen (secondary N) is 1. The van der Waals surface area contributed by atoms with Crippen molar-refractivity contribution in [2.75, 3.05) is 18.4 Å². The van der Waals surface area contributed by atoms with E-state index >= 15 is 0 Å². The molecule has 0 atom stereocenters. The second-order valence-corrected chi connectivity index (χ2v) is 8.75. The predicted octanol–water partition coefficient (Wildman–Crippen LogP) is 3.36. The molecule has 31 heavy (non-hydrogen) atoms. The zero-order chi connectivity index (χ0) is 22.4. The monoisotopic (exact) mass is 460 g/mol. The van der Waals surface area contributed by atoms with Crippen LogP contribution in [0.5, 0.6) is 0 Å². The van der Waals surface area contributed by atoms with Crippen molar-refractivity contribution in [3.05, 3.63) is 45.2 Å². The molecule has 0 unspecified atom stereocenters. The standard InChI is InChI=1S/C21H24N4O4S2/c1-2-3-5-10-22-18-14(19(28)24-11-6-4-8-16(24)23-18)13-15-20(29)25(21(30)31-15)12-7-9-17(26)27/h4,6,8,11,13,22H,2-3,5,7,9-10,12H2,1H3,(H,26,27). The van der Waals surface area contributed by atoms with Crippen LogP contribution in [0.3, 0.4) is 0 Å². The topological polar surface area (TPSA) is 104 Å². The van der Waals surface area contributed by atoms with Crippen LogP contribution >= 0.6 is 24.0 Å². The van der Waals surface area contributed by atoms with Crippen LogP contribution in [0.2, 0.25) is 0 Å². The Morgan fingerprint density at radius 1 is 1.29 bits per heavy atom. The maximum Gasteiger partial charge on any atom is 0.303 e. The molecule has 0 aliphatic carbocycles. The Kier molecular flexibility index (Phi) is 7.80. The summed E-state index contributed by atoms with van der Waals surface area (Å²) in [6.07, 6.45) is 6.51. The van der Waals surface area contributed by atoms with Gasteiger partial charge in [-0.2, -0.15) is 0 Å². The fraction of sp³-hybridized carbons (Fsp3) is 0.381. The Morgan fingerprint density at radius 2 is 2.10 bits per heavy atom. The van der Waals surface area contributed by atoms with Crippen LogP contribution in [0.4, 0.5) is 5.82 Å². The maximum atomic E-state index is 13.1. The van der Waals surface area contributed by atoms with Gasteiger partial charge in [-0.15, -0.1) is 0 Å². The zero-order valence-corrected chi connectivity index (χ0v) is 18.8. The number of fused-ring (bicyclic) bond motifs is 1. The summed E-state index contributed by atoms with van der Waals surface area (Å²) >= 11 is 6.40. The third kappa shape index (κ3) is 5.50. The van der Waals surface area contributed by atoms with E-state index in [1.165, 1.54) is 15.4 Å². The van der Waals surface area contributed by atoms with Crippen LogP contribution in [0.1, 0.15) is 44.6 Å². The smallest absolute Gasteiger partial charge is 0.303 e. The molecule has 0 bridgehead atoms. The highest BCUT2D eigenvalue weighted by Gasteiger charge is 2.32. The second-order valence-electron chi connectivity index (χ2n) is 7.07. The number of carboxylic acids is 1. The van der Waals surface area contributed by atoms with Gasteiger partial charge in [-0.05, 0) is 31.1 Å². The number of thiocarbonyl (C=S) groups is 1. The van der Waals surface area contributed by atoms with E-state index in [0.29, 0.717) is 39.2 Å². The van der Waals surface area contributed by atoms with Gasteiger partial charge in [-0.1, -0.05) is 49.8 Å². The van der Waals surface area contributed by atoms with Gasteiger partial charge in [-0.3, -0.25) is 23.7 Å². The maximum absolute atomic E-state index is 13.1. The van der Waals surface area contributed by atoms with Gasteiger partial charge in [-0.25, -0.2) is 4.98 Å². The summed E-state index contributed by atoms with van der Waals surface area (Å²) in [5.74, 6) is -0.812. The molecule has 3 rings (SSSR count). The SMILES string of the molecule is CCCCCNc1nc2ccccn2c(=O)c1C=C1SC(=S)N(CCCC(=O)O)C1=O. The molecule has 2 aromatic rings. The first kappa shape index (κ1) is 23.0. The Morgan fingerprint density at radius 3 is 2.84 bits per heavy atom. The van der Waals surface area contributed by atoms with Gasteiger partial charge in [0.15, 0.2) is 0 Å². The number of rotatable bonds is 10. The first-order valence-electron chi connectivity index (χ1n) is 10.1. The fourth-order valence-corrected chi connectivity index (χ4v) is 4.45. The van der Waals surface area contributed by atoms with Gasteiger partial charge >= 0.3 is 5.97 Å². The summed E-state index contributed by atoms with van der Waals surface area (Å²) in [6.45, 7) is 3.01. The van der Waals surface area contributed by atoms with E-state index in [9.17, 15) is 14.4 Å². The number of anilines is 1. The van der Waals surface area contributed by atoms with Crippen molar-refractivity contribution >= 4 is 57.7 Å². The second kappa shape index (κ2) is 10.5. The molecule has 8 nitrogen and oxygen atoms in total. The van der Waals surface area contributed by atoms with Gasteiger partial charge in [0.05, 0.1) is 10.5 Å². The van der Waals surface area contributed by atoms with Crippen molar-refractivity contribution in [3.8, 4) is 0 Å². The molecule has 1 aliphatic heterocycles. The third-order valence-electron chi connectivity index (χ3n) is 4.76. The number of carbonyl (C=O) groups excluding carboxylic acids is 1. The number of hydrogen-bond donors (Lipinski definition) is 2. The minimum atomic E-state index is -0.921. The quantitative estimate of drug-likeness (QED) is 0.316. The van der Waals surface area contributed by atoms with Crippen molar-refractivity contribution in [1.82, 2.24) is 14.3 Å². The van der Waals surface area contributed by atoms with Gasteiger partial charge in [0.25, 0.3) is 11.5 Å². The highest BCUT2D eigenvalue weighted by Crippen LogP contribution is 2.33. The molecule has 2 N–H and O–H groups in total. The molecular weight excluding hydrogens is 436 g/mol. The number of hydrogen-bond acceptors (Lipinski definition) is 7. The number of aliphatic carboxylic acids is 1. The first-order valence-corrected chi connectivity index (χ1v) is 11.4. The molecule has 0 saturated carbocycles. The van der Waals surface area contributed by atoms with Crippen LogP contribution in [0, 0.1) is 0 Å². The molecular formula is C21H24N4O4S2. The molecule has 1 fully saturated rings. The van der Waals surface area contributed by atoms with E-state index in [1.807, 2.05) is 6.07 Å². The van der Waals surface area contributed by atoms with Crippen molar-refractivity contribution in [2.24, 2.45) is 0 Å². The summed E-state index contributed by atoms with van der Waals surface area (Å²) in [6, 6.07) is 5.31. The van der Waals surface area contributed by atoms with E-state index in [0.717, 1.165) is 31.0 Å². The molecule has 1 saturated heterocycles. The average Bonchev–Trinajstić information content (AvgIpc) is 3.01. The van der Waals surface area contributed by atoms with Crippen LogP contribution in [0.25, 0.3) is 11.7 Å². The Bertz CT molecular complexity index is 1100. The Hall–Kier alpha value is -2.72. The van der Waals surface area contributed by atoms with Crippen LogP contribution in [-0.2, 0) is 9.59 Å². The van der Waals surface area contributed by atoms with Crippen molar-refractivity contribution in [1.29, 1.82) is 0 Å². The minimum Gasteiger partial charge on any atom is -0.481 e. The van der Waals surface area contributed by atoms with Crippen molar-refractivity contribution in [2.45, 2.75) is 39.0 Å². The summed E-state index contributed by atoms with van der Waals surface area (Å²) in [5, 5.41) is 12.1. The summed E-state index contributed by atoms with van der Waals surface area (Å²) in [4.78, 5) is 43.0. The first-order chi connectivity index (χ1) is 14.9. The molecule has 0 aromatic carbocycles. The van der Waals surface area contributed by atoms with Crippen LogP contribution in [0.15, 0.2) is 34.1 Å². The number of carboxylic acid groups (broad SMARTS) is 1. The van der Waals surface area contributed by atoms with E-state index in [4.69, 9.17) is 17.3 Å². The molecule has 2 aromatic heterocycles. The highest BCUT2D eigenvalue weighted by atomic mass is 32.2. The van der Waals surface area contributed by atoms with E-state index in [2.05, 4.69) is 17.2 Å². The van der Waals surface area contributed by atoms with Crippen LogP contribution < -0.4 is 10.9 Å². The normalized spacial score (nSPS) is 15.3. The number of nitrogens with zero attached hydrogens (tertiary/aromatic N) is 3. The minimum absolute atomic E-state index is 0.0438. The summed E-state index contributed by atoms with van der Waals surface area (Å²) in [5.41, 5.74) is 0.537. The Balaban J connectivity index is 1.93. The van der Waals surface area contributed by atoms with Crippen LogP contribution in [-0.4, -0.2) is 48.7 Å². The van der Waals surface area contributed by atoms with Crippen molar-refractivity contribution < 1.29 is 14.7 Å². The molecule has 10 heteroatoms. The third-order valence-corrected chi connectivity index (χ3v) is 6.14. The molecule has 0 spiro atoms. The highest BCUT2D eigenvalue weighted by molar-refractivity contribution is 8.26. The zero-order valence-electron chi connectivity index (χ0n) is 17.2. The lowest BCUT2D eigenvalue weighted by molar-refractivity contribution is -0.137. The van der Waals surface area contributed by atoms with E-state index in [-0.39, 0.29) is 24.4 Å². The number of unbranched alkanes of at least 4 members (excludes halogenated alkanes) is 2. The molecule has 1 amide bonds. The molecule has 3 heterocycles. The van der Waals surface area contributed by atoms with Crippen molar-refractivity contribution in [3.63, 3.8) is 0 Å².